The number of urea groups is 1. The molecular weight excluding hydrogens is 645 g/mol. The molecule has 2 fully saturated rings. The zero-order valence-corrected chi connectivity index (χ0v) is 29.7. The molecule has 12 heteroatoms. The van der Waals surface area contributed by atoms with Gasteiger partial charge in [0.05, 0.1) is 12.0 Å². The van der Waals surface area contributed by atoms with Crippen LogP contribution in [0.5, 0.6) is 0 Å². The first-order chi connectivity index (χ1) is 24.6. The summed E-state index contributed by atoms with van der Waals surface area (Å²) in [5, 5.41) is 33.5. The van der Waals surface area contributed by atoms with Crippen LogP contribution in [0.3, 0.4) is 0 Å². The summed E-state index contributed by atoms with van der Waals surface area (Å²) >= 11 is 0. The predicted octanol–water partition coefficient (Wildman–Crippen LogP) is 3.96. The minimum Gasteiger partial charge on any atom is -0.426 e. The van der Waals surface area contributed by atoms with E-state index in [2.05, 4.69) is 21.3 Å². The molecule has 4 atom stereocenters. The van der Waals surface area contributed by atoms with Crippen LogP contribution in [0.15, 0.2) is 72.8 Å². The second-order valence-corrected chi connectivity index (χ2v) is 14.4. The molecule has 2 aliphatic rings. The summed E-state index contributed by atoms with van der Waals surface area (Å²) in [5.41, 5.74) is 1.62. The van der Waals surface area contributed by atoms with Gasteiger partial charge in [0, 0.05) is 18.7 Å². The Hall–Kier alpha value is -4.42. The first kappa shape index (κ1) is 37.8. The Bertz CT molecular complexity index is 1620. The lowest BCUT2D eigenvalue weighted by Crippen LogP contribution is -2.57. The fourth-order valence-electron chi connectivity index (χ4n) is 7.40. The molecule has 11 nitrogen and oxygen atoms in total. The SMILES string of the molecule is CC(C)[C@H](NC(=O)[C@@H]1C[C@@H](NC(=O)NCCCc2ccccc2)CN1C(=O)[C@@H](CC1CCCCC1)NC(=O)c1ccc2ccccc2c1)B(O)O. The molecule has 3 aromatic carbocycles. The number of amides is 5. The Kier molecular flexibility index (Phi) is 13.5. The van der Waals surface area contributed by atoms with Crippen molar-refractivity contribution in [2.24, 2.45) is 11.8 Å². The van der Waals surface area contributed by atoms with Gasteiger partial charge in [-0.15, -0.1) is 0 Å². The van der Waals surface area contributed by atoms with E-state index in [0.717, 1.165) is 55.7 Å². The quantitative estimate of drug-likeness (QED) is 0.111. The Morgan fingerprint density at radius 1 is 0.882 bits per heavy atom. The number of fused-ring (bicyclic) bond motifs is 1. The average Bonchev–Trinajstić information content (AvgIpc) is 3.55. The van der Waals surface area contributed by atoms with E-state index in [1.54, 1.807) is 19.9 Å². The van der Waals surface area contributed by atoms with Crippen molar-refractivity contribution >= 4 is 41.6 Å². The molecule has 272 valence electrons. The molecule has 0 spiro atoms. The van der Waals surface area contributed by atoms with Gasteiger partial charge >= 0.3 is 13.1 Å². The zero-order valence-electron chi connectivity index (χ0n) is 29.7. The normalized spacial score (nSPS) is 19.0. The lowest BCUT2D eigenvalue weighted by Gasteiger charge is -2.32. The Morgan fingerprint density at radius 3 is 2.29 bits per heavy atom. The molecule has 5 rings (SSSR count). The van der Waals surface area contributed by atoms with Gasteiger partial charge in [-0.3, -0.25) is 14.4 Å². The Balaban J connectivity index is 1.32. The highest BCUT2D eigenvalue weighted by molar-refractivity contribution is 6.43. The van der Waals surface area contributed by atoms with Crippen molar-refractivity contribution in [3.8, 4) is 0 Å². The number of benzene rings is 3. The number of aryl methyl sites for hydroxylation is 1. The summed E-state index contributed by atoms with van der Waals surface area (Å²) in [6.45, 7) is 4.04. The zero-order chi connectivity index (χ0) is 36.3. The minimum atomic E-state index is -1.80. The van der Waals surface area contributed by atoms with Crippen molar-refractivity contribution in [3.63, 3.8) is 0 Å². The van der Waals surface area contributed by atoms with Crippen LogP contribution in [-0.4, -0.2) is 83.0 Å². The first-order valence-corrected chi connectivity index (χ1v) is 18.4. The summed E-state index contributed by atoms with van der Waals surface area (Å²) < 4.78 is 0. The molecule has 51 heavy (non-hydrogen) atoms. The number of hydrogen-bond acceptors (Lipinski definition) is 6. The number of rotatable bonds is 14. The number of nitrogens with zero attached hydrogens (tertiary/aromatic N) is 1. The summed E-state index contributed by atoms with van der Waals surface area (Å²) in [7, 11) is -1.80. The molecule has 6 N–H and O–H groups in total. The highest BCUT2D eigenvalue weighted by Crippen LogP contribution is 2.29. The van der Waals surface area contributed by atoms with Gasteiger partial charge in [-0.2, -0.15) is 0 Å². The maximum Gasteiger partial charge on any atom is 0.475 e. The number of likely N-dealkylation sites (tertiary alicyclic amines) is 1. The van der Waals surface area contributed by atoms with Crippen LogP contribution in [-0.2, 0) is 16.0 Å². The number of nitrogens with one attached hydrogen (secondary N) is 4. The van der Waals surface area contributed by atoms with Crippen molar-refractivity contribution in [1.82, 2.24) is 26.2 Å². The van der Waals surface area contributed by atoms with Crippen molar-refractivity contribution < 1.29 is 29.2 Å². The maximum atomic E-state index is 14.5. The molecule has 1 aliphatic heterocycles. The van der Waals surface area contributed by atoms with Gasteiger partial charge in [0.25, 0.3) is 5.91 Å². The second kappa shape index (κ2) is 18.2. The van der Waals surface area contributed by atoms with Crippen molar-refractivity contribution in [1.29, 1.82) is 0 Å². The average molecular weight is 698 g/mol. The van der Waals surface area contributed by atoms with Crippen LogP contribution in [0, 0.1) is 11.8 Å². The Labute approximate surface area is 301 Å². The second-order valence-electron chi connectivity index (χ2n) is 14.4. The number of hydrogen-bond donors (Lipinski definition) is 6. The third-order valence-electron chi connectivity index (χ3n) is 10.2. The molecule has 0 bridgehead atoms. The molecule has 3 aromatic rings. The highest BCUT2D eigenvalue weighted by Gasteiger charge is 2.44. The van der Waals surface area contributed by atoms with Gasteiger partial charge in [0.15, 0.2) is 0 Å². The van der Waals surface area contributed by atoms with Crippen LogP contribution >= 0.6 is 0 Å². The van der Waals surface area contributed by atoms with Crippen molar-refractivity contribution in [3.05, 3.63) is 83.9 Å². The van der Waals surface area contributed by atoms with E-state index in [-0.39, 0.29) is 30.7 Å². The van der Waals surface area contributed by atoms with E-state index in [4.69, 9.17) is 0 Å². The molecule has 5 amide bonds. The largest absolute Gasteiger partial charge is 0.475 e. The van der Waals surface area contributed by atoms with E-state index < -0.39 is 49.0 Å². The third kappa shape index (κ3) is 10.6. The van der Waals surface area contributed by atoms with Gasteiger partial charge < -0.3 is 36.2 Å². The maximum absolute atomic E-state index is 14.5. The van der Waals surface area contributed by atoms with E-state index >= 15 is 0 Å². The lowest BCUT2D eigenvalue weighted by atomic mass is 9.73. The monoisotopic (exact) mass is 697 g/mol. The fourth-order valence-corrected chi connectivity index (χ4v) is 7.40. The molecule has 0 unspecified atom stereocenters. The van der Waals surface area contributed by atoms with Gasteiger partial charge in [-0.05, 0) is 66.0 Å². The van der Waals surface area contributed by atoms with Crippen LogP contribution in [0.4, 0.5) is 4.79 Å². The number of carbonyl (C=O) groups is 4. The summed E-state index contributed by atoms with van der Waals surface area (Å²) in [5.74, 6) is -2.32. The topological polar surface area (TPSA) is 160 Å². The summed E-state index contributed by atoms with van der Waals surface area (Å²) in [6.07, 6.45) is 7.31. The highest BCUT2D eigenvalue weighted by atomic mass is 16.4. The molecule has 1 heterocycles. The fraction of sp³-hybridized carbons (Fsp3) is 0.487. The predicted molar refractivity (Wildman–Crippen MR) is 199 cm³/mol. The van der Waals surface area contributed by atoms with E-state index in [1.165, 1.54) is 10.5 Å². The van der Waals surface area contributed by atoms with Gasteiger partial charge in [-0.1, -0.05) is 107 Å². The molecule has 1 aliphatic carbocycles. The van der Waals surface area contributed by atoms with Gasteiger partial charge in [-0.25, -0.2) is 4.79 Å². The molecular formula is C39H52BN5O6. The van der Waals surface area contributed by atoms with Crippen molar-refractivity contribution in [2.45, 2.75) is 95.7 Å². The van der Waals surface area contributed by atoms with Crippen LogP contribution in [0.2, 0.25) is 0 Å². The van der Waals surface area contributed by atoms with E-state index in [1.807, 2.05) is 66.7 Å². The van der Waals surface area contributed by atoms with Crippen LogP contribution < -0.4 is 21.3 Å². The molecule has 0 radical (unpaired) electrons. The van der Waals surface area contributed by atoms with Crippen molar-refractivity contribution in [2.75, 3.05) is 13.1 Å². The van der Waals surface area contributed by atoms with Gasteiger partial charge in [0.1, 0.15) is 12.1 Å². The minimum absolute atomic E-state index is 0.0649. The molecule has 1 saturated carbocycles. The van der Waals surface area contributed by atoms with E-state index in [0.29, 0.717) is 18.5 Å². The van der Waals surface area contributed by atoms with Gasteiger partial charge in [0.2, 0.25) is 11.8 Å². The first-order valence-electron chi connectivity index (χ1n) is 18.4. The standard InChI is InChI=1S/C39H52BN5O6/c1-26(2)35(40(50)51)44-37(47)34-24-32(42-39(49)41-21-11-16-27-12-5-3-6-13-27)25-45(34)38(48)33(22-28-14-7-4-8-15-28)43-36(46)31-20-19-29-17-9-10-18-30(29)23-31/h3,5-6,9-10,12-13,17-20,23,26,28,32-35,50-51H,4,7-8,11,14-16,21-22,24-25H2,1-2H3,(H,43,46)(H,44,47)(H2,41,42,49)/t32-,33-,34+,35+/m1/s1. The van der Waals surface area contributed by atoms with Crippen LogP contribution in [0.1, 0.15) is 81.1 Å². The Morgan fingerprint density at radius 2 is 1.59 bits per heavy atom. The smallest absolute Gasteiger partial charge is 0.426 e. The van der Waals surface area contributed by atoms with Crippen LogP contribution in [0.25, 0.3) is 10.8 Å². The lowest BCUT2D eigenvalue weighted by molar-refractivity contribution is -0.140. The summed E-state index contributed by atoms with van der Waals surface area (Å²) in [6, 6.07) is 20.4. The van der Waals surface area contributed by atoms with E-state index in [9.17, 15) is 29.2 Å². The summed E-state index contributed by atoms with van der Waals surface area (Å²) in [4.78, 5) is 56.5. The number of carbonyl (C=O) groups excluding carboxylic acids is 4. The molecule has 0 aromatic heterocycles. The molecule has 1 saturated heterocycles. The third-order valence-corrected chi connectivity index (χ3v) is 10.2.